The van der Waals surface area contributed by atoms with E-state index in [2.05, 4.69) is 0 Å². The molecule has 4 nitrogen and oxygen atoms in total. The number of ether oxygens (including phenoxy) is 1. The first kappa shape index (κ1) is 13.3. The van der Waals surface area contributed by atoms with E-state index in [1.807, 2.05) is 0 Å². The number of hydrogen-bond donors (Lipinski definition) is 2. The van der Waals surface area contributed by atoms with Crippen molar-refractivity contribution in [1.82, 2.24) is 0 Å². The Labute approximate surface area is 103 Å². The van der Waals surface area contributed by atoms with Gasteiger partial charge < -0.3 is 16.2 Å². The summed E-state index contributed by atoms with van der Waals surface area (Å²) in [6.45, 7) is -0.00507. The van der Waals surface area contributed by atoms with Crippen molar-refractivity contribution in [3.8, 4) is 0 Å². The molecule has 0 spiro atoms. The third-order valence-corrected chi connectivity index (χ3v) is 2.48. The molecule has 0 heterocycles. The van der Waals surface area contributed by atoms with Gasteiger partial charge >= 0.3 is 0 Å². The molecule has 0 aliphatic heterocycles. The molecule has 0 saturated heterocycles. The predicted molar refractivity (Wildman–Crippen MR) is 63.4 cm³/mol. The SMILES string of the molecule is NC(=O)COCC(N)c1cc(Cl)ccc1Cl. The summed E-state index contributed by atoms with van der Waals surface area (Å²) in [5, 5.41) is 1.06. The van der Waals surface area contributed by atoms with Crippen LogP contribution < -0.4 is 11.5 Å². The Balaban J connectivity index is 2.61. The molecule has 88 valence electrons. The first-order valence-electron chi connectivity index (χ1n) is 4.57. The molecule has 4 N–H and O–H groups in total. The maximum Gasteiger partial charge on any atom is 0.243 e. The number of carbonyl (C=O) groups excluding carboxylic acids is 1. The van der Waals surface area contributed by atoms with E-state index in [1.165, 1.54) is 0 Å². The summed E-state index contributed by atoms with van der Waals surface area (Å²) < 4.78 is 5.00. The normalized spacial score (nSPS) is 12.4. The maximum absolute atomic E-state index is 10.4. The average Bonchev–Trinajstić information content (AvgIpc) is 2.21. The lowest BCUT2D eigenvalue weighted by Crippen LogP contribution is -2.23. The predicted octanol–water partition coefficient (Wildman–Crippen LogP) is 1.50. The molecule has 16 heavy (non-hydrogen) atoms. The minimum Gasteiger partial charge on any atom is -0.370 e. The molecule has 0 saturated carbocycles. The average molecular weight is 263 g/mol. The lowest BCUT2D eigenvalue weighted by Gasteiger charge is -2.13. The summed E-state index contributed by atoms with van der Waals surface area (Å²) in [6.07, 6.45) is 0. The number of rotatable bonds is 5. The van der Waals surface area contributed by atoms with Gasteiger partial charge in [0.15, 0.2) is 0 Å². The number of primary amides is 1. The zero-order valence-electron chi connectivity index (χ0n) is 8.45. The van der Waals surface area contributed by atoms with Gasteiger partial charge in [-0.25, -0.2) is 0 Å². The van der Waals surface area contributed by atoms with E-state index in [-0.39, 0.29) is 13.2 Å². The van der Waals surface area contributed by atoms with Crippen molar-refractivity contribution < 1.29 is 9.53 Å². The molecule has 0 radical (unpaired) electrons. The molecule has 0 aliphatic carbocycles. The Morgan fingerprint density at radius 3 is 2.75 bits per heavy atom. The van der Waals surface area contributed by atoms with Gasteiger partial charge in [0.2, 0.25) is 5.91 Å². The van der Waals surface area contributed by atoms with Crippen LogP contribution in [0.25, 0.3) is 0 Å². The van der Waals surface area contributed by atoms with Crippen molar-refractivity contribution in [1.29, 1.82) is 0 Å². The van der Waals surface area contributed by atoms with Gasteiger partial charge in [0.25, 0.3) is 0 Å². The van der Waals surface area contributed by atoms with Crippen molar-refractivity contribution >= 4 is 29.1 Å². The number of amides is 1. The summed E-state index contributed by atoms with van der Waals surface area (Å²) in [6, 6.07) is 4.56. The molecule has 6 heteroatoms. The monoisotopic (exact) mass is 262 g/mol. The molecular formula is C10H12Cl2N2O2. The molecule has 0 aliphatic rings. The van der Waals surface area contributed by atoms with Crippen molar-refractivity contribution in [3.05, 3.63) is 33.8 Å². The van der Waals surface area contributed by atoms with Gasteiger partial charge in [-0.05, 0) is 23.8 Å². The first-order chi connectivity index (χ1) is 7.50. The smallest absolute Gasteiger partial charge is 0.243 e. The standard InChI is InChI=1S/C10H12Cl2N2O2/c11-6-1-2-8(12)7(3-6)9(13)4-16-5-10(14)15/h1-3,9H,4-5,13H2,(H2,14,15). The highest BCUT2D eigenvalue weighted by molar-refractivity contribution is 6.33. The largest absolute Gasteiger partial charge is 0.370 e. The van der Waals surface area contributed by atoms with E-state index >= 15 is 0 Å². The van der Waals surface area contributed by atoms with Gasteiger partial charge in [0.05, 0.1) is 12.6 Å². The maximum atomic E-state index is 10.4. The van der Waals surface area contributed by atoms with Crippen LogP contribution in [0.3, 0.4) is 0 Å². The van der Waals surface area contributed by atoms with Gasteiger partial charge in [-0.1, -0.05) is 23.2 Å². The number of nitrogens with two attached hydrogens (primary N) is 2. The van der Waals surface area contributed by atoms with E-state index in [9.17, 15) is 4.79 Å². The van der Waals surface area contributed by atoms with Crippen LogP contribution >= 0.6 is 23.2 Å². The molecule has 1 unspecified atom stereocenters. The van der Waals surface area contributed by atoms with Crippen molar-refractivity contribution in [2.75, 3.05) is 13.2 Å². The third-order valence-electron chi connectivity index (χ3n) is 1.90. The molecule has 0 bridgehead atoms. The molecular weight excluding hydrogens is 251 g/mol. The highest BCUT2D eigenvalue weighted by Crippen LogP contribution is 2.25. The fourth-order valence-electron chi connectivity index (χ4n) is 1.18. The highest BCUT2D eigenvalue weighted by Gasteiger charge is 2.11. The van der Waals surface area contributed by atoms with E-state index in [0.717, 1.165) is 0 Å². The summed E-state index contributed by atoms with van der Waals surface area (Å²) in [5.74, 6) is -0.538. The van der Waals surface area contributed by atoms with Crippen molar-refractivity contribution in [2.45, 2.75) is 6.04 Å². The lowest BCUT2D eigenvalue weighted by molar-refractivity contribution is -0.122. The van der Waals surface area contributed by atoms with Crippen molar-refractivity contribution in [2.24, 2.45) is 11.5 Å². The van der Waals surface area contributed by atoms with Crippen LogP contribution in [0.15, 0.2) is 18.2 Å². The Kier molecular flexibility index (Phi) is 5.02. The Morgan fingerprint density at radius 1 is 1.44 bits per heavy atom. The van der Waals surface area contributed by atoms with Crippen LogP contribution in [-0.4, -0.2) is 19.1 Å². The van der Waals surface area contributed by atoms with Gasteiger partial charge in [-0.2, -0.15) is 0 Å². The van der Waals surface area contributed by atoms with E-state index in [0.29, 0.717) is 15.6 Å². The zero-order valence-corrected chi connectivity index (χ0v) is 9.96. The molecule has 1 rings (SSSR count). The minimum atomic E-state index is -0.538. The second-order valence-corrected chi connectivity index (χ2v) is 4.10. The number of hydrogen-bond acceptors (Lipinski definition) is 3. The van der Waals surface area contributed by atoms with Crippen LogP contribution in [0.4, 0.5) is 0 Å². The van der Waals surface area contributed by atoms with E-state index in [4.69, 9.17) is 39.4 Å². The van der Waals surface area contributed by atoms with Crippen LogP contribution in [0.5, 0.6) is 0 Å². The first-order valence-corrected chi connectivity index (χ1v) is 5.33. The van der Waals surface area contributed by atoms with E-state index in [1.54, 1.807) is 18.2 Å². The summed E-state index contributed by atoms with van der Waals surface area (Å²) in [4.78, 5) is 10.4. The van der Waals surface area contributed by atoms with Crippen LogP contribution in [0.1, 0.15) is 11.6 Å². The van der Waals surface area contributed by atoms with Crippen molar-refractivity contribution in [3.63, 3.8) is 0 Å². The summed E-state index contributed by atoms with van der Waals surface area (Å²) in [7, 11) is 0. The van der Waals surface area contributed by atoms with Gasteiger partial charge in [-0.15, -0.1) is 0 Å². The zero-order chi connectivity index (χ0) is 12.1. The fraction of sp³-hybridized carbons (Fsp3) is 0.300. The molecule has 1 atom stereocenters. The number of carbonyl (C=O) groups is 1. The molecule has 1 aromatic carbocycles. The molecule has 0 aromatic heterocycles. The van der Waals surface area contributed by atoms with E-state index < -0.39 is 11.9 Å². The fourth-order valence-corrected chi connectivity index (χ4v) is 1.61. The quantitative estimate of drug-likeness (QED) is 0.844. The van der Waals surface area contributed by atoms with Crippen LogP contribution in [0.2, 0.25) is 10.0 Å². The minimum absolute atomic E-state index is 0.156. The Hall–Kier alpha value is -0.810. The molecule has 1 amide bonds. The molecule has 1 aromatic rings. The Bertz CT molecular complexity index is 385. The summed E-state index contributed by atoms with van der Waals surface area (Å²) in [5.41, 5.74) is 11.4. The van der Waals surface area contributed by atoms with Gasteiger partial charge in [0, 0.05) is 10.0 Å². The Morgan fingerprint density at radius 2 is 2.12 bits per heavy atom. The number of benzene rings is 1. The third kappa shape index (κ3) is 3.98. The number of halogens is 2. The van der Waals surface area contributed by atoms with Crippen LogP contribution in [0, 0.1) is 0 Å². The van der Waals surface area contributed by atoms with Gasteiger partial charge in [0.1, 0.15) is 6.61 Å². The summed E-state index contributed by atoms with van der Waals surface area (Å²) >= 11 is 11.8. The second-order valence-electron chi connectivity index (χ2n) is 3.25. The topological polar surface area (TPSA) is 78.3 Å². The lowest BCUT2D eigenvalue weighted by atomic mass is 10.1. The second kappa shape index (κ2) is 6.06. The molecule has 0 fully saturated rings. The highest BCUT2D eigenvalue weighted by atomic mass is 35.5. The van der Waals surface area contributed by atoms with Gasteiger partial charge in [-0.3, -0.25) is 4.79 Å². The van der Waals surface area contributed by atoms with Crippen LogP contribution in [-0.2, 0) is 9.53 Å².